The van der Waals surface area contributed by atoms with Gasteiger partial charge in [0.25, 0.3) is 0 Å². The average molecular weight is 306 g/mol. The van der Waals surface area contributed by atoms with Crippen molar-refractivity contribution in [2.45, 2.75) is 18.8 Å². The average Bonchev–Trinajstić information content (AvgIpc) is 2.48. The van der Waals surface area contributed by atoms with E-state index in [1.165, 1.54) is 0 Å². The molecule has 21 heavy (non-hydrogen) atoms. The number of hydrogen-bond donors (Lipinski definition) is 2. The lowest BCUT2D eigenvalue weighted by Crippen LogP contribution is -2.27. The molecule has 0 saturated carbocycles. The Morgan fingerprint density at radius 2 is 1.57 bits per heavy atom. The van der Waals surface area contributed by atoms with E-state index in [9.17, 15) is 8.42 Å². The summed E-state index contributed by atoms with van der Waals surface area (Å²) in [5.74, 6) is -0.0605. The van der Waals surface area contributed by atoms with E-state index in [4.69, 9.17) is 5.11 Å². The molecule has 2 N–H and O–H groups in total. The quantitative estimate of drug-likeness (QED) is 0.806. The maximum absolute atomic E-state index is 12.0. The molecule has 2 aromatic rings. The zero-order valence-corrected chi connectivity index (χ0v) is 12.4. The number of aliphatic hydroxyl groups excluding tert-OH is 1. The number of aromatic nitrogens is 1. The van der Waals surface area contributed by atoms with Crippen LogP contribution in [0.5, 0.6) is 0 Å². The van der Waals surface area contributed by atoms with Crippen LogP contribution >= 0.6 is 0 Å². The Balaban J connectivity index is 1.86. The fourth-order valence-corrected chi connectivity index (χ4v) is 3.06. The Labute approximate surface area is 124 Å². The summed E-state index contributed by atoms with van der Waals surface area (Å²) in [6.45, 7) is 0.318. The van der Waals surface area contributed by atoms with Crippen LogP contribution in [0.25, 0.3) is 0 Å². The number of rotatable bonds is 7. The van der Waals surface area contributed by atoms with Crippen molar-refractivity contribution in [2.24, 2.45) is 0 Å². The van der Waals surface area contributed by atoms with Gasteiger partial charge in [-0.25, -0.2) is 13.1 Å². The van der Waals surface area contributed by atoms with E-state index >= 15 is 0 Å². The summed E-state index contributed by atoms with van der Waals surface area (Å²) < 4.78 is 26.5. The van der Waals surface area contributed by atoms with E-state index in [2.05, 4.69) is 9.71 Å². The molecule has 0 aliphatic carbocycles. The molecule has 0 bridgehead atoms. The minimum Gasteiger partial charge on any atom is -0.392 e. The Morgan fingerprint density at radius 1 is 0.952 bits per heavy atom. The molecule has 2 rings (SSSR count). The molecule has 0 amide bonds. The lowest BCUT2D eigenvalue weighted by molar-refractivity contribution is 0.282. The van der Waals surface area contributed by atoms with Crippen LogP contribution in [0.15, 0.2) is 48.8 Å². The molecule has 0 radical (unpaired) electrons. The molecular weight excluding hydrogens is 288 g/mol. The summed E-state index contributed by atoms with van der Waals surface area (Å²) in [6.07, 6.45) is 4.00. The molecular formula is C15H18N2O3S. The zero-order valence-electron chi connectivity index (χ0n) is 11.6. The summed E-state index contributed by atoms with van der Waals surface area (Å²) in [5, 5.41) is 8.95. The van der Waals surface area contributed by atoms with Crippen molar-refractivity contribution in [3.8, 4) is 0 Å². The first kappa shape index (κ1) is 15.6. The van der Waals surface area contributed by atoms with Crippen LogP contribution in [-0.2, 0) is 28.8 Å². The van der Waals surface area contributed by atoms with E-state index in [0.717, 1.165) is 11.1 Å². The molecule has 6 heteroatoms. The molecule has 0 atom stereocenters. The maximum atomic E-state index is 12.0. The Kier molecular flexibility index (Phi) is 5.44. The predicted octanol–water partition coefficient (Wildman–Crippen LogP) is 1.24. The summed E-state index contributed by atoms with van der Waals surface area (Å²) in [4.78, 5) is 3.92. The molecule has 5 nitrogen and oxygen atoms in total. The van der Waals surface area contributed by atoms with Crippen molar-refractivity contribution in [1.82, 2.24) is 9.71 Å². The number of sulfonamides is 1. The van der Waals surface area contributed by atoms with Crippen molar-refractivity contribution < 1.29 is 13.5 Å². The van der Waals surface area contributed by atoms with Gasteiger partial charge in [0.2, 0.25) is 10.0 Å². The van der Waals surface area contributed by atoms with Crippen LogP contribution in [0.4, 0.5) is 0 Å². The minimum atomic E-state index is -3.35. The largest absolute Gasteiger partial charge is 0.392 e. The van der Waals surface area contributed by atoms with E-state index in [0.29, 0.717) is 18.5 Å². The Bertz CT molecular complexity index is 655. The number of nitrogens with zero attached hydrogens (tertiary/aromatic N) is 1. The van der Waals surface area contributed by atoms with Crippen LogP contribution in [0, 0.1) is 0 Å². The van der Waals surface area contributed by atoms with Crippen LogP contribution in [0.1, 0.15) is 16.7 Å². The van der Waals surface area contributed by atoms with Crippen molar-refractivity contribution in [3.63, 3.8) is 0 Å². The molecule has 0 unspecified atom stereocenters. The lowest BCUT2D eigenvalue weighted by Gasteiger charge is -2.07. The maximum Gasteiger partial charge on any atom is 0.215 e. The fourth-order valence-electron chi connectivity index (χ4n) is 1.91. The molecule has 112 valence electrons. The van der Waals surface area contributed by atoms with E-state index in [1.807, 2.05) is 12.1 Å². The molecule has 0 aliphatic rings. The first-order chi connectivity index (χ1) is 10.1. The number of benzene rings is 1. The lowest BCUT2D eigenvalue weighted by atomic mass is 10.2. The summed E-state index contributed by atoms with van der Waals surface area (Å²) in [5.41, 5.74) is 2.51. The normalized spacial score (nSPS) is 11.5. The number of pyridine rings is 1. The van der Waals surface area contributed by atoms with Crippen LogP contribution in [-0.4, -0.2) is 25.1 Å². The van der Waals surface area contributed by atoms with E-state index in [-0.39, 0.29) is 12.4 Å². The second-order valence-corrected chi connectivity index (χ2v) is 6.54. The first-order valence-corrected chi connectivity index (χ1v) is 8.29. The van der Waals surface area contributed by atoms with Gasteiger partial charge in [-0.1, -0.05) is 24.3 Å². The van der Waals surface area contributed by atoms with Gasteiger partial charge in [0.1, 0.15) is 0 Å². The van der Waals surface area contributed by atoms with Crippen molar-refractivity contribution in [1.29, 1.82) is 0 Å². The molecule has 1 aromatic carbocycles. The monoisotopic (exact) mass is 306 g/mol. The van der Waals surface area contributed by atoms with Crippen molar-refractivity contribution in [2.75, 3.05) is 6.54 Å². The SMILES string of the molecule is O=S(=O)(Cc1ccc(CO)cc1)NCCc1ccncc1. The van der Waals surface area contributed by atoms with Gasteiger partial charge in [0.15, 0.2) is 0 Å². The molecule has 0 aliphatic heterocycles. The molecule has 1 heterocycles. The van der Waals surface area contributed by atoms with E-state index in [1.54, 1.807) is 36.7 Å². The zero-order chi connectivity index (χ0) is 15.1. The summed E-state index contributed by atoms with van der Waals surface area (Å²) in [7, 11) is -3.35. The third-order valence-electron chi connectivity index (χ3n) is 3.05. The fraction of sp³-hybridized carbons (Fsp3) is 0.267. The van der Waals surface area contributed by atoms with Gasteiger partial charge in [-0.15, -0.1) is 0 Å². The molecule has 0 fully saturated rings. The first-order valence-electron chi connectivity index (χ1n) is 6.64. The highest BCUT2D eigenvalue weighted by atomic mass is 32.2. The van der Waals surface area contributed by atoms with Crippen LogP contribution in [0.2, 0.25) is 0 Å². The second kappa shape index (κ2) is 7.31. The number of hydrogen-bond acceptors (Lipinski definition) is 4. The predicted molar refractivity (Wildman–Crippen MR) is 80.9 cm³/mol. The Morgan fingerprint density at radius 3 is 2.19 bits per heavy atom. The summed E-state index contributed by atoms with van der Waals surface area (Å²) in [6, 6.07) is 10.6. The van der Waals surface area contributed by atoms with Gasteiger partial charge in [0, 0.05) is 18.9 Å². The van der Waals surface area contributed by atoms with E-state index < -0.39 is 10.0 Å². The van der Waals surface area contributed by atoms with Gasteiger partial charge in [-0.2, -0.15) is 0 Å². The highest BCUT2D eigenvalue weighted by molar-refractivity contribution is 7.88. The van der Waals surface area contributed by atoms with Gasteiger partial charge < -0.3 is 5.11 Å². The van der Waals surface area contributed by atoms with Crippen molar-refractivity contribution >= 4 is 10.0 Å². The highest BCUT2D eigenvalue weighted by Gasteiger charge is 2.10. The van der Waals surface area contributed by atoms with Crippen LogP contribution in [0.3, 0.4) is 0 Å². The highest BCUT2D eigenvalue weighted by Crippen LogP contribution is 2.08. The molecule has 1 aromatic heterocycles. The summed E-state index contributed by atoms with van der Waals surface area (Å²) >= 11 is 0. The third-order valence-corrected chi connectivity index (χ3v) is 4.40. The minimum absolute atomic E-state index is 0.0444. The van der Waals surface area contributed by atoms with Gasteiger partial charge >= 0.3 is 0 Å². The van der Waals surface area contributed by atoms with Crippen molar-refractivity contribution in [3.05, 3.63) is 65.5 Å². The molecule has 0 saturated heterocycles. The Hall–Kier alpha value is -1.76. The number of aliphatic hydroxyl groups is 1. The standard InChI is InChI=1S/C15H18N2O3S/c18-11-14-1-3-15(4-2-14)12-21(19,20)17-10-7-13-5-8-16-9-6-13/h1-6,8-9,17-18H,7,10-12H2. The van der Waals surface area contributed by atoms with Crippen LogP contribution < -0.4 is 4.72 Å². The van der Waals surface area contributed by atoms with Gasteiger partial charge in [-0.3, -0.25) is 4.98 Å². The topological polar surface area (TPSA) is 79.3 Å². The van der Waals surface area contributed by atoms with Gasteiger partial charge in [-0.05, 0) is 35.2 Å². The molecule has 0 spiro atoms. The van der Waals surface area contributed by atoms with Gasteiger partial charge in [0.05, 0.1) is 12.4 Å². The second-order valence-electron chi connectivity index (χ2n) is 4.73. The smallest absolute Gasteiger partial charge is 0.215 e. The third kappa shape index (κ3) is 5.26. The number of nitrogens with one attached hydrogen (secondary N) is 1.